The summed E-state index contributed by atoms with van der Waals surface area (Å²) in [6.45, 7) is 7.00. The largest absolute Gasteiger partial charge is 0.495 e. The third kappa shape index (κ3) is 3.69. The third-order valence-corrected chi connectivity index (χ3v) is 4.67. The van der Waals surface area contributed by atoms with Gasteiger partial charge in [0.05, 0.1) is 18.4 Å². The lowest BCUT2D eigenvalue weighted by molar-refractivity contribution is 0.173. The molecule has 1 aromatic carbocycles. The van der Waals surface area contributed by atoms with Gasteiger partial charge in [-0.15, -0.1) is 0 Å². The Kier molecular flexibility index (Phi) is 4.77. The molecule has 0 bridgehead atoms. The molecule has 1 aliphatic rings. The molecule has 1 aromatic rings. The SMILES string of the molecule is COc1cccc(C#N)c1NC1CCC(C(C)(C)C)CC1. The fourth-order valence-corrected chi connectivity index (χ4v) is 3.25. The summed E-state index contributed by atoms with van der Waals surface area (Å²) in [5.74, 6) is 1.55. The van der Waals surface area contributed by atoms with E-state index in [1.54, 1.807) is 7.11 Å². The maximum absolute atomic E-state index is 9.27. The van der Waals surface area contributed by atoms with Crippen LogP contribution in [0, 0.1) is 22.7 Å². The summed E-state index contributed by atoms with van der Waals surface area (Å²) in [5.41, 5.74) is 1.90. The maximum Gasteiger partial charge on any atom is 0.143 e. The highest BCUT2D eigenvalue weighted by atomic mass is 16.5. The van der Waals surface area contributed by atoms with Gasteiger partial charge in [-0.05, 0) is 49.1 Å². The van der Waals surface area contributed by atoms with Crippen molar-refractivity contribution in [3.05, 3.63) is 23.8 Å². The quantitative estimate of drug-likeness (QED) is 0.884. The molecule has 1 N–H and O–H groups in total. The summed E-state index contributed by atoms with van der Waals surface area (Å²) in [6, 6.07) is 8.29. The van der Waals surface area contributed by atoms with E-state index < -0.39 is 0 Å². The molecule has 0 spiro atoms. The number of nitriles is 1. The van der Waals surface area contributed by atoms with Crippen LogP contribution >= 0.6 is 0 Å². The first-order valence-electron chi connectivity index (χ1n) is 7.79. The van der Waals surface area contributed by atoms with Gasteiger partial charge in [0.25, 0.3) is 0 Å². The van der Waals surface area contributed by atoms with E-state index in [4.69, 9.17) is 4.74 Å². The zero-order chi connectivity index (χ0) is 15.5. The standard InChI is InChI=1S/C18H26N2O/c1-18(2,3)14-8-10-15(11-9-14)20-17-13(12-19)6-5-7-16(17)21-4/h5-7,14-15,20H,8-11H2,1-4H3. The number of ether oxygens (including phenoxy) is 1. The molecule has 0 heterocycles. The van der Waals surface area contributed by atoms with Crippen molar-refractivity contribution in [2.24, 2.45) is 11.3 Å². The maximum atomic E-state index is 9.27. The number of methoxy groups -OCH3 is 1. The molecule has 3 nitrogen and oxygen atoms in total. The second-order valence-electron chi connectivity index (χ2n) is 7.05. The number of anilines is 1. The van der Waals surface area contributed by atoms with Gasteiger partial charge in [0, 0.05) is 6.04 Å². The second kappa shape index (κ2) is 6.39. The Morgan fingerprint density at radius 1 is 1.19 bits per heavy atom. The normalized spacial score (nSPS) is 22.4. The first-order valence-corrected chi connectivity index (χ1v) is 7.79. The second-order valence-corrected chi connectivity index (χ2v) is 7.05. The molecule has 0 aromatic heterocycles. The van der Waals surface area contributed by atoms with Crippen LogP contribution in [0.3, 0.4) is 0 Å². The van der Waals surface area contributed by atoms with Crippen molar-refractivity contribution >= 4 is 5.69 Å². The fourth-order valence-electron chi connectivity index (χ4n) is 3.25. The van der Waals surface area contributed by atoms with Crippen molar-refractivity contribution in [3.8, 4) is 11.8 Å². The van der Waals surface area contributed by atoms with Crippen LogP contribution in [0.1, 0.15) is 52.0 Å². The minimum Gasteiger partial charge on any atom is -0.495 e. The molecule has 0 aliphatic heterocycles. The number of nitrogens with one attached hydrogen (secondary N) is 1. The van der Waals surface area contributed by atoms with Gasteiger partial charge in [-0.3, -0.25) is 0 Å². The molecule has 1 aliphatic carbocycles. The highest BCUT2D eigenvalue weighted by Gasteiger charge is 2.30. The summed E-state index contributed by atoms with van der Waals surface area (Å²) in [5, 5.41) is 12.8. The number of benzene rings is 1. The van der Waals surface area contributed by atoms with Crippen molar-refractivity contribution in [2.45, 2.75) is 52.5 Å². The highest BCUT2D eigenvalue weighted by molar-refractivity contribution is 5.66. The van der Waals surface area contributed by atoms with E-state index in [1.807, 2.05) is 18.2 Å². The van der Waals surface area contributed by atoms with Gasteiger partial charge in [0.15, 0.2) is 0 Å². The molecule has 0 atom stereocenters. The topological polar surface area (TPSA) is 45.0 Å². The first kappa shape index (κ1) is 15.7. The Morgan fingerprint density at radius 2 is 1.86 bits per heavy atom. The van der Waals surface area contributed by atoms with E-state index in [0.29, 0.717) is 17.0 Å². The summed E-state index contributed by atoms with van der Waals surface area (Å²) in [7, 11) is 1.65. The van der Waals surface area contributed by atoms with E-state index in [1.165, 1.54) is 12.8 Å². The number of hydrogen-bond donors (Lipinski definition) is 1. The van der Waals surface area contributed by atoms with Gasteiger partial charge in [0.1, 0.15) is 11.8 Å². The van der Waals surface area contributed by atoms with Crippen LogP contribution < -0.4 is 10.1 Å². The van der Waals surface area contributed by atoms with Crippen LogP contribution in [0.4, 0.5) is 5.69 Å². The molecule has 2 rings (SSSR count). The van der Waals surface area contributed by atoms with Crippen molar-refractivity contribution in [1.29, 1.82) is 5.26 Å². The van der Waals surface area contributed by atoms with E-state index >= 15 is 0 Å². The average molecular weight is 286 g/mol. The predicted molar refractivity (Wildman–Crippen MR) is 86.5 cm³/mol. The summed E-state index contributed by atoms with van der Waals surface area (Å²) in [6.07, 6.45) is 4.81. The average Bonchev–Trinajstić information content (AvgIpc) is 2.47. The molecule has 0 radical (unpaired) electrons. The van der Waals surface area contributed by atoms with Crippen LogP contribution in [0.5, 0.6) is 5.75 Å². The van der Waals surface area contributed by atoms with Crippen LogP contribution in [-0.4, -0.2) is 13.2 Å². The molecule has 1 saturated carbocycles. The summed E-state index contributed by atoms with van der Waals surface area (Å²) < 4.78 is 5.39. The van der Waals surface area contributed by atoms with Crippen molar-refractivity contribution in [3.63, 3.8) is 0 Å². The highest BCUT2D eigenvalue weighted by Crippen LogP contribution is 2.39. The molecule has 1 fully saturated rings. The Hall–Kier alpha value is -1.69. The van der Waals surface area contributed by atoms with Crippen LogP contribution in [-0.2, 0) is 0 Å². The third-order valence-electron chi connectivity index (χ3n) is 4.67. The van der Waals surface area contributed by atoms with Crippen LogP contribution in [0.2, 0.25) is 0 Å². The molecule has 114 valence electrons. The number of rotatable bonds is 3. The Morgan fingerprint density at radius 3 is 2.38 bits per heavy atom. The number of hydrogen-bond acceptors (Lipinski definition) is 3. The Bertz CT molecular complexity index is 517. The van der Waals surface area contributed by atoms with Crippen molar-refractivity contribution in [2.75, 3.05) is 12.4 Å². The smallest absolute Gasteiger partial charge is 0.143 e. The minimum atomic E-state index is 0.396. The molecule has 0 amide bonds. The van der Waals surface area contributed by atoms with E-state index in [9.17, 15) is 5.26 Å². The van der Waals surface area contributed by atoms with Gasteiger partial charge >= 0.3 is 0 Å². The van der Waals surface area contributed by atoms with Crippen LogP contribution in [0.25, 0.3) is 0 Å². The van der Waals surface area contributed by atoms with Crippen LogP contribution in [0.15, 0.2) is 18.2 Å². The number of nitrogens with zero attached hydrogens (tertiary/aromatic N) is 1. The zero-order valence-electron chi connectivity index (χ0n) is 13.6. The predicted octanol–water partition coefficient (Wildman–Crippen LogP) is 4.58. The monoisotopic (exact) mass is 286 g/mol. The summed E-state index contributed by atoms with van der Waals surface area (Å²) in [4.78, 5) is 0. The lowest BCUT2D eigenvalue weighted by Crippen LogP contribution is -2.31. The number of para-hydroxylation sites is 1. The molecular formula is C18H26N2O. The van der Waals surface area contributed by atoms with Crippen molar-refractivity contribution < 1.29 is 4.74 Å². The van der Waals surface area contributed by atoms with E-state index in [2.05, 4.69) is 32.2 Å². The first-order chi connectivity index (χ1) is 9.95. The minimum absolute atomic E-state index is 0.396. The van der Waals surface area contributed by atoms with Gasteiger partial charge in [0.2, 0.25) is 0 Å². The van der Waals surface area contributed by atoms with Crippen molar-refractivity contribution in [1.82, 2.24) is 0 Å². The molecular weight excluding hydrogens is 260 g/mol. The lowest BCUT2D eigenvalue weighted by atomic mass is 9.71. The zero-order valence-corrected chi connectivity index (χ0v) is 13.6. The van der Waals surface area contributed by atoms with Gasteiger partial charge in [-0.25, -0.2) is 0 Å². The molecule has 21 heavy (non-hydrogen) atoms. The van der Waals surface area contributed by atoms with Gasteiger partial charge in [-0.2, -0.15) is 5.26 Å². The van der Waals surface area contributed by atoms with E-state index in [0.717, 1.165) is 30.2 Å². The molecule has 0 saturated heterocycles. The molecule has 0 unspecified atom stereocenters. The fraction of sp³-hybridized carbons (Fsp3) is 0.611. The van der Waals surface area contributed by atoms with E-state index in [-0.39, 0.29) is 0 Å². The van der Waals surface area contributed by atoms with Gasteiger partial charge < -0.3 is 10.1 Å². The Labute approximate surface area is 128 Å². The van der Waals surface area contributed by atoms with Gasteiger partial charge in [-0.1, -0.05) is 26.8 Å². The lowest BCUT2D eigenvalue weighted by Gasteiger charge is -2.37. The molecule has 3 heteroatoms. The summed E-state index contributed by atoms with van der Waals surface area (Å²) >= 11 is 0. The Balaban J connectivity index is 2.06.